The minimum absolute atomic E-state index is 0.0556. The largest absolute Gasteiger partial charge is 0.497 e. The van der Waals surface area contributed by atoms with Gasteiger partial charge in [0.2, 0.25) is 0 Å². The number of benzene rings is 2. The van der Waals surface area contributed by atoms with E-state index in [4.69, 9.17) is 14.2 Å². The summed E-state index contributed by atoms with van der Waals surface area (Å²) in [6, 6.07) is 8.77. The Morgan fingerprint density at radius 3 is 2.19 bits per heavy atom. The predicted octanol–water partition coefficient (Wildman–Crippen LogP) is 2.30. The molecule has 2 aromatic rings. The van der Waals surface area contributed by atoms with E-state index in [1.165, 1.54) is 57.7 Å². The van der Waals surface area contributed by atoms with Gasteiger partial charge in [-0.3, -0.25) is 9.10 Å². The van der Waals surface area contributed by atoms with Crippen molar-refractivity contribution in [3.63, 3.8) is 0 Å². The molecular weight excluding hydrogens is 374 g/mol. The van der Waals surface area contributed by atoms with E-state index in [0.29, 0.717) is 17.1 Å². The van der Waals surface area contributed by atoms with Crippen LogP contribution in [-0.2, 0) is 14.8 Å². The van der Waals surface area contributed by atoms with Crippen molar-refractivity contribution >= 4 is 21.7 Å². The van der Waals surface area contributed by atoms with Gasteiger partial charge in [-0.15, -0.1) is 0 Å². The molecule has 1 N–H and O–H groups in total. The van der Waals surface area contributed by atoms with Crippen LogP contribution in [0, 0.1) is 6.92 Å². The van der Waals surface area contributed by atoms with Gasteiger partial charge in [-0.25, -0.2) is 8.42 Å². The Labute approximate surface area is 157 Å². The number of aryl methyl sites for hydroxylation is 1. The van der Waals surface area contributed by atoms with Crippen molar-refractivity contribution in [3.05, 3.63) is 42.0 Å². The highest BCUT2D eigenvalue weighted by Crippen LogP contribution is 2.36. The van der Waals surface area contributed by atoms with Crippen molar-refractivity contribution in [3.8, 4) is 17.2 Å². The Balaban J connectivity index is 2.62. The number of methoxy groups -OCH3 is 3. The van der Waals surface area contributed by atoms with Crippen LogP contribution in [0.3, 0.4) is 0 Å². The molecule has 0 aliphatic carbocycles. The fraction of sp³-hybridized carbons (Fsp3) is 0.278. The molecule has 27 heavy (non-hydrogen) atoms. The molecule has 9 heteroatoms. The monoisotopic (exact) mass is 395 g/mol. The minimum Gasteiger partial charge on any atom is -0.497 e. The number of sulfonamides is 1. The molecule has 0 atom stereocenters. The maximum atomic E-state index is 13.2. The van der Waals surface area contributed by atoms with Gasteiger partial charge in [0.15, 0.2) is 0 Å². The van der Waals surface area contributed by atoms with E-state index in [0.717, 1.165) is 4.31 Å². The van der Waals surface area contributed by atoms with Crippen LogP contribution in [0.4, 0.5) is 5.69 Å². The number of hydrogen-bond donors (Lipinski definition) is 1. The summed E-state index contributed by atoms with van der Waals surface area (Å²) in [5.74, 6) is -0.157. The molecule has 0 unspecified atom stereocenters. The number of hydrogen-bond acceptors (Lipinski definition) is 6. The zero-order valence-corrected chi connectivity index (χ0v) is 16.2. The van der Waals surface area contributed by atoms with Gasteiger partial charge in [-0.2, -0.15) is 0 Å². The molecule has 0 aliphatic heterocycles. The summed E-state index contributed by atoms with van der Waals surface area (Å²) in [5, 5.41) is 9.26. The van der Waals surface area contributed by atoms with Crippen LogP contribution in [0.15, 0.2) is 41.3 Å². The average molecular weight is 395 g/mol. The third-order valence-electron chi connectivity index (χ3n) is 3.89. The number of rotatable bonds is 8. The van der Waals surface area contributed by atoms with Crippen LogP contribution in [0.1, 0.15) is 5.56 Å². The zero-order valence-electron chi connectivity index (χ0n) is 15.4. The Morgan fingerprint density at radius 1 is 1.00 bits per heavy atom. The Morgan fingerprint density at radius 2 is 1.67 bits per heavy atom. The van der Waals surface area contributed by atoms with Gasteiger partial charge in [0, 0.05) is 6.07 Å². The highest BCUT2D eigenvalue weighted by Gasteiger charge is 2.30. The first-order chi connectivity index (χ1) is 12.7. The van der Waals surface area contributed by atoms with Crippen molar-refractivity contribution < 1.29 is 32.5 Å². The quantitative estimate of drug-likeness (QED) is 0.732. The standard InChI is InChI=1S/C18H21NO7S/c1-12-9-14(6-8-16(12)25-3)27(22,23)19(11-18(20)21)15-7-5-13(24-2)10-17(15)26-4/h5-10H,11H2,1-4H3,(H,20,21). The molecule has 2 rings (SSSR count). The van der Waals surface area contributed by atoms with Gasteiger partial charge in [0.1, 0.15) is 23.8 Å². The zero-order chi connectivity index (χ0) is 20.2. The van der Waals surface area contributed by atoms with E-state index in [2.05, 4.69) is 0 Å². The predicted molar refractivity (Wildman–Crippen MR) is 99.4 cm³/mol. The summed E-state index contributed by atoms with van der Waals surface area (Å²) in [6.45, 7) is 0.934. The van der Waals surface area contributed by atoms with Crippen molar-refractivity contribution in [1.29, 1.82) is 0 Å². The molecule has 2 aromatic carbocycles. The second-order valence-electron chi connectivity index (χ2n) is 5.57. The van der Waals surface area contributed by atoms with Gasteiger partial charge in [0.25, 0.3) is 10.0 Å². The Bertz CT molecular complexity index is 941. The lowest BCUT2D eigenvalue weighted by Gasteiger charge is -2.25. The van der Waals surface area contributed by atoms with Gasteiger partial charge < -0.3 is 19.3 Å². The molecule has 0 saturated carbocycles. The molecule has 0 spiro atoms. The second-order valence-corrected chi connectivity index (χ2v) is 7.44. The van der Waals surface area contributed by atoms with Crippen LogP contribution in [0.25, 0.3) is 0 Å². The highest BCUT2D eigenvalue weighted by atomic mass is 32.2. The molecule has 0 aliphatic rings. The maximum absolute atomic E-state index is 13.2. The summed E-state index contributed by atoms with van der Waals surface area (Å²) < 4.78 is 42.6. The molecule has 0 fully saturated rings. The minimum atomic E-state index is -4.17. The molecular formula is C18H21NO7S. The van der Waals surface area contributed by atoms with E-state index in [9.17, 15) is 18.3 Å². The van der Waals surface area contributed by atoms with Gasteiger partial charge in [0.05, 0.1) is 31.9 Å². The first-order valence-electron chi connectivity index (χ1n) is 7.85. The molecule has 0 radical (unpaired) electrons. The van der Waals surface area contributed by atoms with Crippen molar-refractivity contribution in [2.45, 2.75) is 11.8 Å². The van der Waals surface area contributed by atoms with Crippen molar-refractivity contribution in [1.82, 2.24) is 0 Å². The van der Waals surface area contributed by atoms with Crippen LogP contribution in [-0.4, -0.2) is 47.4 Å². The number of anilines is 1. The van der Waals surface area contributed by atoms with Crippen LogP contribution >= 0.6 is 0 Å². The highest BCUT2D eigenvalue weighted by molar-refractivity contribution is 7.92. The number of carboxylic acid groups (broad SMARTS) is 1. The Kier molecular flexibility index (Phi) is 6.17. The van der Waals surface area contributed by atoms with Crippen LogP contribution in [0.5, 0.6) is 17.2 Å². The smallest absolute Gasteiger partial charge is 0.324 e. The third kappa shape index (κ3) is 4.25. The number of aliphatic carboxylic acids is 1. The van der Waals surface area contributed by atoms with Crippen LogP contribution < -0.4 is 18.5 Å². The van der Waals surface area contributed by atoms with Crippen LogP contribution in [0.2, 0.25) is 0 Å². The summed E-state index contributed by atoms with van der Waals surface area (Å²) in [4.78, 5) is 11.3. The molecule has 0 bridgehead atoms. The van der Waals surface area contributed by atoms with Gasteiger partial charge >= 0.3 is 5.97 Å². The number of carbonyl (C=O) groups is 1. The van der Waals surface area contributed by atoms with Crippen molar-refractivity contribution in [2.24, 2.45) is 0 Å². The molecule has 8 nitrogen and oxygen atoms in total. The average Bonchev–Trinajstić information content (AvgIpc) is 2.65. The van der Waals surface area contributed by atoms with E-state index in [1.807, 2.05) is 0 Å². The SMILES string of the molecule is COc1ccc(N(CC(=O)O)S(=O)(=O)c2ccc(OC)c(C)c2)c(OC)c1. The summed E-state index contributed by atoms with van der Waals surface area (Å²) >= 11 is 0. The third-order valence-corrected chi connectivity index (χ3v) is 5.64. The maximum Gasteiger partial charge on any atom is 0.324 e. The first kappa shape index (κ1) is 20.4. The normalized spacial score (nSPS) is 11.0. The second kappa shape index (κ2) is 8.17. The van der Waals surface area contributed by atoms with Gasteiger partial charge in [-0.05, 0) is 42.8 Å². The fourth-order valence-electron chi connectivity index (χ4n) is 2.55. The van der Waals surface area contributed by atoms with E-state index in [1.54, 1.807) is 6.92 Å². The lowest BCUT2D eigenvalue weighted by molar-refractivity contribution is -0.135. The van der Waals surface area contributed by atoms with E-state index >= 15 is 0 Å². The topological polar surface area (TPSA) is 102 Å². The lowest BCUT2D eigenvalue weighted by atomic mass is 10.2. The van der Waals surface area contributed by atoms with Crippen molar-refractivity contribution in [2.75, 3.05) is 32.2 Å². The summed E-state index contributed by atoms with van der Waals surface area (Å²) in [6.07, 6.45) is 0. The molecule has 0 amide bonds. The van der Waals surface area contributed by atoms with E-state index in [-0.39, 0.29) is 16.3 Å². The molecule has 0 saturated heterocycles. The molecule has 146 valence electrons. The first-order valence-corrected chi connectivity index (χ1v) is 9.29. The lowest BCUT2D eigenvalue weighted by Crippen LogP contribution is -2.36. The fourth-order valence-corrected chi connectivity index (χ4v) is 4.06. The summed E-state index contributed by atoms with van der Waals surface area (Å²) in [5.41, 5.74) is 0.699. The number of ether oxygens (including phenoxy) is 3. The van der Waals surface area contributed by atoms with E-state index < -0.39 is 22.5 Å². The number of carboxylic acids is 1. The Hall–Kier alpha value is -2.94. The molecule has 0 heterocycles. The molecule has 0 aromatic heterocycles. The number of nitrogens with zero attached hydrogens (tertiary/aromatic N) is 1. The van der Waals surface area contributed by atoms with Gasteiger partial charge in [-0.1, -0.05) is 0 Å². The summed E-state index contributed by atoms with van der Waals surface area (Å²) in [7, 11) is 0.130.